The van der Waals surface area contributed by atoms with E-state index in [1.165, 1.54) is 23.5 Å². The van der Waals surface area contributed by atoms with Crippen molar-refractivity contribution in [2.24, 2.45) is 0 Å². The monoisotopic (exact) mass is 562 g/mol. The van der Waals surface area contributed by atoms with Gasteiger partial charge in [-0.25, -0.2) is 4.98 Å². The van der Waals surface area contributed by atoms with E-state index in [9.17, 15) is 19.7 Å². The largest absolute Gasteiger partial charge is 0.508 e. The van der Waals surface area contributed by atoms with Gasteiger partial charge in [0.1, 0.15) is 18.1 Å². The Balaban J connectivity index is 0.000000336. The molecule has 1 heterocycles. The van der Waals surface area contributed by atoms with Gasteiger partial charge in [-0.1, -0.05) is 0 Å². The topological polar surface area (TPSA) is 144 Å². The second kappa shape index (κ2) is 13.9. The van der Waals surface area contributed by atoms with Gasteiger partial charge in [-0.15, -0.1) is 11.3 Å². The maximum absolute atomic E-state index is 11.6. The Morgan fingerprint density at radius 3 is 2.08 bits per heavy atom. The van der Waals surface area contributed by atoms with Gasteiger partial charge in [0.2, 0.25) is 0 Å². The number of carbonyl (C=O) groups excluding carboxylic acids is 2. The van der Waals surface area contributed by atoms with Crippen molar-refractivity contribution in [2.45, 2.75) is 26.9 Å². The summed E-state index contributed by atoms with van der Waals surface area (Å²) in [4.78, 5) is 37.8. The molecular formula is C29H30N4O6S. The minimum atomic E-state index is -0.355. The number of benzene rings is 3. The summed E-state index contributed by atoms with van der Waals surface area (Å²) < 4.78 is 5.75. The summed E-state index contributed by atoms with van der Waals surface area (Å²) in [6.07, 6.45) is 0.621. The molecule has 10 nitrogen and oxygen atoms in total. The van der Waals surface area contributed by atoms with Crippen LogP contribution in [0.3, 0.4) is 0 Å². The van der Waals surface area contributed by atoms with Crippen molar-refractivity contribution in [1.29, 1.82) is 0 Å². The van der Waals surface area contributed by atoms with Crippen molar-refractivity contribution in [2.75, 3.05) is 14.1 Å². The fourth-order valence-electron chi connectivity index (χ4n) is 3.67. The number of nitro groups is 1. The minimum absolute atomic E-state index is 0.141. The van der Waals surface area contributed by atoms with Crippen molar-refractivity contribution < 1.29 is 24.4 Å². The summed E-state index contributed by atoms with van der Waals surface area (Å²) in [5.41, 5.74) is 4.63. The van der Waals surface area contributed by atoms with E-state index in [4.69, 9.17) is 9.84 Å². The molecule has 208 valence electrons. The predicted octanol–water partition coefficient (Wildman–Crippen LogP) is 4.95. The third kappa shape index (κ3) is 8.11. The summed E-state index contributed by atoms with van der Waals surface area (Å²) in [7, 11) is 3.15. The average Bonchev–Trinajstić information content (AvgIpc) is 3.41. The molecule has 40 heavy (non-hydrogen) atoms. The van der Waals surface area contributed by atoms with Crippen LogP contribution in [0.1, 0.15) is 48.1 Å². The Bertz CT molecular complexity index is 1480. The number of phenolic OH excluding ortho intramolecular Hbond substituents is 1. The lowest BCUT2D eigenvalue weighted by Gasteiger charge is -2.07. The van der Waals surface area contributed by atoms with Gasteiger partial charge >= 0.3 is 0 Å². The van der Waals surface area contributed by atoms with Crippen LogP contribution in [-0.4, -0.2) is 40.9 Å². The van der Waals surface area contributed by atoms with Crippen LogP contribution in [0.2, 0.25) is 0 Å². The fraction of sp³-hybridized carbons (Fsp3) is 0.207. The van der Waals surface area contributed by atoms with Gasteiger partial charge in [0.25, 0.3) is 17.5 Å². The number of phenols is 1. The quantitative estimate of drug-likeness (QED) is 0.204. The maximum Gasteiger partial charge on any atom is 0.272 e. The molecule has 0 fully saturated rings. The zero-order valence-electron chi connectivity index (χ0n) is 22.6. The van der Waals surface area contributed by atoms with E-state index in [-0.39, 0.29) is 28.2 Å². The molecule has 4 rings (SSSR count). The Labute approximate surface area is 235 Å². The number of hydrogen-bond donors (Lipinski definition) is 3. The highest BCUT2D eigenvalue weighted by Crippen LogP contribution is 2.25. The lowest BCUT2D eigenvalue weighted by molar-refractivity contribution is -0.385. The number of nitrogens with one attached hydrogen (secondary N) is 2. The maximum atomic E-state index is 11.6. The van der Waals surface area contributed by atoms with Crippen molar-refractivity contribution in [3.8, 4) is 11.5 Å². The van der Waals surface area contributed by atoms with Crippen LogP contribution >= 0.6 is 11.3 Å². The van der Waals surface area contributed by atoms with Gasteiger partial charge in [0.05, 0.1) is 15.6 Å². The molecule has 0 bridgehead atoms. The first kappa shape index (κ1) is 29.8. The minimum Gasteiger partial charge on any atom is -0.508 e. The van der Waals surface area contributed by atoms with Gasteiger partial charge in [0.15, 0.2) is 0 Å². The SMILES string of the molecule is CNC(=O)c1ccc(O)cc1.CNC(=O)c1ccc(OCc2csc(Cc3cc(C)c([N+](=O)[O-])cc3C)n2)cc1. The number of hydrogen-bond acceptors (Lipinski definition) is 8. The molecule has 3 aromatic carbocycles. The molecule has 0 radical (unpaired) electrons. The van der Waals surface area contributed by atoms with Gasteiger partial charge in [-0.3, -0.25) is 19.7 Å². The predicted molar refractivity (Wildman–Crippen MR) is 153 cm³/mol. The molecule has 0 saturated heterocycles. The first-order chi connectivity index (χ1) is 19.1. The summed E-state index contributed by atoms with van der Waals surface area (Å²) in [6.45, 7) is 3.95. The normalized spacial score (nSPS) is 10.2. The van der Waals surface area contributed by atoms with Gasteiger partial charge in [0, 0.05) is 48.7 Å². The lowest BCUT2D eigenvalue weighted by atomic mass is 10.0. The Kier molecular flexibility index (Phi) is 10.3. The van der Waals surface area contributed by atoms with E-state index in [0.29, 0.717) is 35.5 Å². The number of ether oxygens (including phenoxy) is 1. The first-order valence-electron chi connectivity index (χ1n) is 12.2. The highest BCUT2D eigenvalue weighted by molar-refractivity contribution is 7.09. The lowest BCUT2D eigenvalue weighted by Crippen LogP contribution is -2.17. The van der Waals surface area contributed by atoms with Crippen LogP contribution in [0.4, 0.5) is 5.69 Å². The molecule has 0 atom stereocenters. The standard InChI is InChI=1S/C21H21N3O4S.C8H9NO2/c1-13-9-19(24(26)27)14(2)8-16(13)10-20-23-17(12-29-20)11-28-18-6-4-15(5-7-18)21(25)22-3;1-9-8(11)6-2-4-7(10)5-3-6/h4-9,12H,10-11H2,1-3H3,(H,22,25);2-5,10H,1H3,(H,9,11). The van der Waals surface area contributed by atoms with E-state index >= 15 is 0 Å². The van der Waals surface area contributed by atoms with Crippen molar-refractivity contribution in [3.63, 3.8) is 0 Å². The zero-order chi connectivity index (χ0) is 29.2. The fourth-order valence-corrected chi connectivity index (χ4v) is 4.47. The van der Waals surface area contributed by atoms with E-state index in [2.05, 4.69) is 15.6 Å². The Morgan fingerprint density at radius 2 is 1.52 bits per heavy atom. The highest BCUT2D eigenvalue weighted by atomic mass is 32.1. The van der Waals surface area contributed by atoms with Crippen molar-refractivity contribution in [3.05, 3.63) is 115 Å². The second-order valence-corrected chi connectivity index (χ2v) is 9.69. The average molecular weight is 563 g/mol. The number of amides is 2. The number of nitrogens with zero attached hydrogens (tertiary/aromatic N) is 2. The molecule has 1 aromatic heterocycles. The van der Waals surface area contributed by atoms with Crippen LogP contribution in [0.25, 0.3) is 0 Å². The van der Waals surface area contributed by atoms with E-state index < -0.39 is 0 Å². The van der Waals surface area contributed by atoms with E-state index in [1.54, 1.807) is 63.5 Å². The van der Waals surface area contributed by atoms with Crippen LogP contribution in [0, 0.1) is 24.0 Å². The second-order valence-electron chi connectivity index (χ2n) is 8.75. The molecule has 0 saturated carbocycles. The number of rotatable bonds is 8. The molecule has 0 spiro atoms. The third-order valence-corrected chi connectivity index (χ3v) is 6.78. The summed E-state index contributed by atoms with van der Waals surface area (Å²) in [5, 5.41) is 27.9. The van der Waals surface area contributed by atoms with Crippen molar-refractivity contribution in [1.82, 2.24) is 15.6 Å². The van der Waals surface area contributed by atoms with Crippen LogP contribution < -0.4 is 15.4 Å². The van der Waals surface area contributed by atoms with Crippen LogP contribution in [-0.2, 0) is 13.0 Å². The third-order valence-electron chi connectivity index (χ3n) is 5.88. The number of aryl methyl sites for hydroxylation is 2. The number of thiazole rings is 1. The van der Waals surface area contributed by atoms with Gasteiger partial charge in [-0.2, -0.15) is 0 Å². The number of carbonyl (C=O) groups is 2. The molecule has 4 aromatic rings. The molecule has 0 aliphatic carbocycles. The molecule has 0 aliphatic heterocycles. The van der Waals surface area contributed by atoms with Gasteiger partial charge in [-0.05, 0) is 79.6 Å². The molecular weight excluding hydrogens is 532 g/mol. The van der Waals surface area contributed by atoms with Crippen LogP contribution in [0.5, 0.6) is 11.5 Å². The van der Waals surface area contributed by atoms with E-state index in [0.717, 1.165) is 21.8 Å². The molecule has 0 aliphatic rings. The summed E-state index contributed by atoms with van der Waals surface area (Å²) in [6, 6.07) is 16.5. The van der Waals surface area contributed by atoms with Gasteiger partial charge < -0.3 is 20.5 Å². The van der Waals surface area contributed by atoms with E-state index in [1.807, 2.05) is 18.4 Å². The highest BCUT2D eigenvalue weighted by Gasteiger charge is 2.14. The molecule has 0 unspecified atom stereocenters. The molecule has 3 N–H and O–H groups in total. The Morgan fingerprint density at radius 1 is 0.950 bits per heavy atom. The first-order valence-corrected chi connectivity index (χ1v) is 13.1. The summed E-state index contributed by atoms with van der Waals surface area (Å²) >= 11 is 1.54. The number of aromatic hydroxyl groups is 1. The van der Waals surface area contributed by atoms with Crippen molar-refractivity contribution >= 4 is 28.8 Å². The smallest absolute Gasteiger partial charge is 0.272 e. The zero-order valence-corrected chi connectivity index (χ0v) is 23.4. The van der Waals surface area contributed by atoms with Crippen LogP contribution in [0.15, 0.2) is 66.0 Å². The summed E-state index contributed by atoms with van der Waals surface area (Å²) in [5.74, 6) is 0.536. The Hall–Kier alpha value is -4.77. The molecule has 2 amide bonds. The number of nitro benzene ring substituents is 1. The molecule has 11 heteroatoms. The number of aromatic nitrogens is 1.